The average molecular weight is 319 g/mol. The van der Waals surface area contributed by atoms with Crippen molar-refractivity contribution >= 4 is 17.4 Å². The standard InChI is InChI=1S/C19H29NO3/c1-6-12-19(23)16(20-18(22)15(5)17(19)21)11-10-14(4)9-7-8-13(2)3/h7-8,10-11,13-15,23H,6,9,12H2,1-5H3/b8-7+,11-10+. The summed E-state index contributed by atoms with van der Waals surface area (Å²) in [5.41, 5.74) is -1.45. The highest BCUT2D eigenvalue weighted by Gasteiger charge is 2.47. The second-order valence-corrected chi connectivity index (χ2v) is 6.78. The van der Waals surface area contributed by atoms with Crippen molar-refractivity contribution in [2.45, 2.75) is 59.5 Å². The van der Waals surface area contributed by atoms with E-state index in [-0.39, 0.29) is 18.1 Å². The number of aliphatic hydroxyl groups is 1. The van der Waals surface area contributed by atoms with E-state index in [1.165, 1.54) is 6.92 Å². The van der Waals surface area contributed by atoms with Crippen LogP contribution in [-0.4, -0.2) is 28.1 Å². The first kappa shape index (κ1) is 19.5. The number of amides is 1. The highest BCUT2D eigenvalue weighted by atomic mass is 16.3. The maximum atomic E-state index is 12.4. The number of carbonyl (C=O) groups excluding carboxylic acids is 2. The van der Waals surface area contributed by atoms with E-state index in [0.29, 0.717) is 12.3 Å². The van der Waals surface area contributed by atoms with E-state index in [1.807, 2.05) is 13.0 Å². The molecule has 0 saturated heterocycles. The Kier molecular flexibility index (Phi) is 7.07. The van der Waals surface area contributed by atoms with Crippen LogP contribution < -0.4 is 0 Å². The molecule has 4 nitrogen and oxygen atoms in total. The smallest absolute Gasteiger partial charge is 0.256 e. The number of nitrogens with zero attached hydrogens (tertiary/aromatic N) is 1. The van der Waals surface area contributed by atoms with Gasteiger partial charge in [0.1, 0.15) is 0 Å². The Morgan fingerprint density at radius 3 is 2.48 bits per heavy atom. The van der Waals surface area contributed by atoms with Gasteiger partial charge in [-0.15, -0.1) is 0 Å². The van der Waals surface area contributed by atoms with E-state index in [2.05, 4.69) is 37.9 Å². The molecule has 0 aromatic rings. The molecule has 0 spiro atoms. The third-order valence-electron chi connectivity index (χ3n) is 4.05. The zero-order valence-corrected chi connectivity index (χ0v) is 14.9. The van der Waals surface area contributed by atoms with Gasteiger partial charge in [-0.3, -0.25) is 9.59 Å². The Morgan fingerprint density at radius 2 is 1.91 bits per heavy atom. The van der Waals surface area contributed by atoms with Crippen LogP contribution in [0, 0.1) is 17.8 Å². The third-order valence-corrected chi connectivity index (χ3v) is 4.05. The van der Waals surface area contributed by atoms with Crippen LogP contribution in [0.3, 0.4) is 0 Å². The Bertz CT molecular complexity index is 531. The molecule has 1 aliphatic heterocycles. The number of hydrogen-bond acceptors (Lipinski definition) is 3. The van der Waals surface area contributed by atoms with E-state index in [0.717, 1.165) is 6.42 Å². The van der Waals surface area contributed by atoms with Crippen molar-refractivity contribution in [1.29, 1.82) is 0 Å². The number of allylic oxidation sites excluding steroid dienone is 3. The van der Waals surface area contributed by atoms with Crippen molar-refractivity contribution in [2.75, 3.05) is 0 Å². The minimum absolute atomic E-state index is 0.187. The summed E-state index contributed by atoms with van der Waals surface area (Å²) in [6, 6.07) is 0. The van der Waals surface area contributed by atoms with Crippen LogP contribution in [0.4, 0.5) is 0 Å². The minimum atomic E-state index is -1.63. The fourth-order valence-corrected chi connectivity index (χ4v) is 2.59. The second kappa shape index (κ2) is 8.34. The van der Waals surface area contributed by atoms with Gasteiger partial charge in [-0.05, 0) is 37.7 Å². The lowest BCUT2D eigenvalue weighted by Gasteiger charge is -2.32. The van der Waals surface area contributed by atoms with Gasteiger partial charge in [-0.25, -0.2) is 4.99 Å². The first-order valence-electron chi connectivity index (χ1n) is 8.46. The summed E-state index contributed by atoms with van der Waals surface area (Å²) in [5.74, 6) is -1.02. The van der Waals surface area contributed by atoms with Crippen LogP contribution in [0.15, 0.2) is 29.3 Å². The number of ketones is 1. The van der Waals surface area contributed by atoms with E-state index in [4.69, 9.17) is 0 Å². The number of carbonyl (C=O) groups is 2. The molecule has 1 amide bonds. The maximum Gasteiger partial charge on any atom is 0.256 e. The predicted octanol–water partition coefficient (Wildman–Crippen LogP) is 3.50. The lowest BCUT2D eigenvalue weighted by Crippen LogP contribution is -2.53. The Labute approximate surface area is 139 Å². The number of rotatable bonds is 7. The number of hydrogen-bond donors (Lipinski definition) is 1. The monoisotopic (exact) mass is 319 g/mol. The van der Waals surface area contributed by atoms with Gasteiger partial charge >= 0.3 is 0 Å². The molecule has 0 aliphatic carbocycles. The molecular formula is C19H29NO3. The van der Waals surface area contributed by atoms with Gasteiger partial charge in [0.2, 0.25) is 0 Å². The molecule has 3 atom stereocenters. The van der Waals surface area contributed by atoms with Gasteiger partial charge in [-0.1, -0.05) is 52.3 Å². The second-order valence-electron chi connectivity index (χ2n) is 6.78. The molecule has 0 saturated carbocycles. The molecule has 0 radical (unpaired) electrons. The van der Waals surface area contributed by atoms with Gasteiger partial charge in [0.25, 0.3) is 5.91 Å². The molecule has 0 aromatic heterocycles. The summed E-state index contributed by atoms with van der Waals surface area (Å²) in [7, 11) is 0. The van der Waals surface area contributed by atoms with Crippen molar-refractivity contribution in [3.63, 3.8) is 0 Å². The van der Waals surface area contributed by atoms with Crippen LogP contribution in [0.2, 0.25) is 0 Å². The minimum Gasteiger partial charge on any atom is -0.376 e. The summed E-state index contributed by atoms with van der Waals surface area (Å²) in [6.45, 7) is 9.70. The molecule has 1 aliphatic rings. The van der Waals surface area contributed by atoms with Crippen molar-refractivity contribution in [2.24, 2.45) is 22.7 Å². The van der Waals surface area contributed by atoms with Crippen molar-refractivity contribution in [1.82, 2.24) is 0 Å². The summed E-state index contributed by atoms with van der Waals surface area (Å²) in [6.07, 6.45) is 9.61. The zero-order valence-electron chi connectivity index (χ0n) is 14.9. The molecular weight excluding hydrogens is 290 g/mol. The number of Topliss-reactive ketones (excluding diaryl/α,β-unsaturated/α-hetero) is 1. The van der Waals surface area contributed by atoms with Crippen LogP contribution in [0.5, 0.6) is 0 Å². The zero-order chi connectivity index (χ0) is 17.6. The fraction of sp³-hybridized carbons (Fsp3) is 0.632. The van der Waals surface area contributed by atoms with Crippen LogP contribution in [-0.2, 0) is 9.59 Å². The van der Waals surface area contributed by atoms with Gasteiger partial charge in [-0.2, -0.15) is 0 Å². The molecule has 1 rings (SSSR count). The van der Waals surface area contributed by atoms with Crippen LogP contribution in [0.25, 0.3) is 0 Å². The van der Waals surface area contributed by atoms with Crippen molar-refractivity contribution < 1.29 is 14.7 Å². The normalized spacial score (nSPS) is 27.3. The van der Waals surface area contributed by atoms with E-state index in [1.54, 1.807) is 6.08 Å². The Hall–Kier alpha value is -1.55. The molecule has 1 N–H and O–H groups in total. The molecule has 0 bridgehead atoms. The van der Waals surface area contributed by atoms with Gasteiger partial charge in [0, 0.05) is 0 Å². The Morgan fingerprint density at radius 1 is 1.26 bits per heavy atom. The van der Waals surface area contributed by atoms with E-state index in [9.17, 15) is 14.7 Å². The highest BCUT2D eigenvalue weighted by Crippen LogP contribution is 2.27. The first-order valence-corrected chi connectivity index (χ1v) is 8.46. The summed E-state index contributed by atoms with van der Waals surface area (Å²) in [4.78, 5) is 28.2. The lowest BCUT2D eigenvalue weighted by atomic mass is 9.79. The van der Waals surface area contributed by atoms with Crippen molar-refractivity contribution in [3.05, 3.63) is 24.3 Å². The first-order chi connectivity index (χ1) is 10.7. The topological polar surface area (TPSA) is 66.7 Å². The van der Waals surface area contributed by atoms with Gasteiger partial charge in [0.15, 0.2) is 11.4 Å². The third kappa shape index (κ3) is 4.96. The van der Waals surface area contributed by atoms with Crippen LogP contribution >= 0.6 is 0 Å². The quantitative estimate of drug-likeness (QED) is 0.577. The van der Waals surface area contributed by atoms with Crippen LogP contribution in [0.1, 0.15) is 53.9 Å². The van der Waals surface area contributed by atoms with E-state index < -0.39 is 23.2 Å². The maximum absolute atomic E-state index is 12.4. The fourth-order valence-electron chi connectivity index (χ4n) is 2.59. The molecule has 1 heterocycles. The molecule has 128 valence electrons. The lowest BCUT2D eigenvalue weighted by molar-refractivity contribution is -0.142. The molecule has 3 unspecified atom stereocenters. The summed E-state index contributed by atoms with van der Waals surface area (Å²) in [5, 5.41) is 10.8. The molecule has 0 aromatic carbocycles. The SMILES string of the molecule is CCCC1(O)C(=O)C(C)C(=O)N=C1/C=C/C(C)C/C=C/C(C)C. The molecule has 23 heavy (non-hydrogen) atoms. The predicted molar refractivity (Wildman–Crippen MR) is 93.4 cm³/mol. The highest BCUT2D eigenvalue weighted by molar-refractivity contribution is 6.28. The largest absolute Gasteiger partial charge is 0.376 e. The Balaban J connectivity index is 2.94. The van der Waals surface area contributed by atoms with E-state index >= 15 is 0 Å². The number of aliphatic imine (C=N–C) groups is 1. The van der Waals surface area contributed by atoms with Gasteiger partial charge < -0.3 is 5.11 Å². The average Bonchev–Trinajstić information content (AvgIpc) is 2.48. The van der Waals surface area contributed by atoms with Crippen molar-refractivity contribution in [3.8, 4) is 0 Å². The summed E-state index contributed by atoms with van der Waals surface area (Å²) >= 11 is 0. The molecule has 0 fully saturated rings. The summed E-state index contributed by atoms with van der Waals surface area (Å²) < 4.78 is 0. The van der Waals surface area contributed by atoms with Gasteiger partial charge in [0.05, 0.1) is 11.6 Å². The molecule has 4 heteroatoms.